The van der Waals surface area contributed by atoms with Gasteiger partial charge in [-0.2, -0.15) is 0 Å². The Balaban J connectivity index is 4.61. The van der Waals surface area contributed by atoms with Crippen LogP contribution in [0.15, 0.2) is 48.6 Å². The van der Waals surface area contributed by atoms with Gasteiger partial charge in [0.1, 0.15) is 0 Å². The Morgan fingerprint density at radius 2 is 1.73 bits per heavy atom. The van der Waals surface area contributed by atoms with Crippen LogP contribution in [0.1, 0.15) is 20.3 Å². The third kappa shape index (κ3) is 3.03. The molecule has 0 N–H and O–H groups in total. The maximum atomic E-state index is 3.74. The standard InChI is InChI=1S/C11H16/c1-5-9-11(8-4)10(6-2)7-3/h6-9H,2,4-5H2,1,3H3. The number of hydrogen-bond donors (Lipinski definition) is 0. The molecule has 0 aromatic heterocycles. The second-order valence-corrected chi connectivity index (χ2v) is 2.22. The fourth-order valence-electron chi connectivity index (χ4n) is 0.941. The molecular weight excluding hydrogens is 132 g/mol. The van der Waals surface area contributed by atoms with Crippen LogP contribution >= 0.6 is 0 Å². The van der Waals surface area contributed by atoms with Crippen LogP contribution in [0.4, 0.5) is 0 Å². The lowest BCUT2D eigenvalue weighted by Crippen LogP contribution is -1.80. The molecule has 0 aromatic rings. The highest BCUT2D eigenvalue weighted by Crippen LogP contribution is 2.12. The van der Waals surface area contributed by atoms with Gasteiger partial charge in [-0.3, -0.25) is 0 Å². The molecule has 0 aliphatic heterocycles. The van der Waals surface area contributed by atoms with Crippen LogP contribution in [0.2, 0.25) is 0 Å². The van der Waals surface area contributed by atoms with Gasteiger partial charge in [0.05, 0.1) is 0 Å². The number of hydrogen-bond acceptors (Lipinski definition) is 0. The van der Waals surface area contributed by atoms with Gasteiger partial charge in [-0.15, -0.1) is 0 Å². The summed E-state index contributed by atoms with van der Waals surface area (Å²) in [5.74, 6) is 0. The normalized spacial score (nSPS) is 12.9. The summed E-state index contributed by atoms with van der Waals surface area (Å²) in [7, 11) is 0. The van der Waals surface area contributed by atoms with Gasteiger partial charge in [-0.05, 0) is 24.5 Å². The zero-order valence-corrected chi connectivity index (χ0v) is 7.43. The summed E-state index contributed by atoms with van der Waals surface area (Å²) in [6, 6.07) is 0. The summed E-state index contributed by atoms with van der Waals surface area (Å²) in [5.41, 5.74) is 2.33. The predicted molar refractivity (Wildman–Crippen MR) is 52.5 cm³/mol. The van der Waals surface area contributed by atoms with Gasteiger partial charge < -0.3 is 0 Å². The van der Waals surface area contributed by atoms with Crippen molar-refractivity contribution in [2.75, 3.05) is 0 Å². The molecule has 0 saturated carbocycles. The van der Waals surface area contributed by atoms with Gasteiger partial charge >= 0.3 is 0 Å². The summed E-state index contributed by atoms with van der Waals surface area (Å²) in [6.07, 6.45) is 8.93. The Hall–Kier alpha value is -1.04. The topological polar surface area (TPSA) is 0 Å². The lowest BCUT2D eigenvalue weighted by atomic mass is 10.1. The van der Waals surface area contributed by atoms with E-state index in [1.54, 1.807) is 0 Å². The van der Waals surface area contributed by atoms with Gasteiger partial charge in [0.25, 0.3) is 0 Å². The van der Waals surface area contributed by atoms with E-state index in [-0.39, 0.29) is 0 Å². The molecule has 11 heavy (non-hydrogen) atoms. The second kappa shape index (κ2) is 5.72. The molecular formula is C11H16. The zero-order valence-electron chi connectivity index (χ0n) is 7.43. The first-order valence-electron chi connectivity index (χ1n) is 3.91. The van der Waals surface area contributed by atoms with E-state index in [0.717, 1.165) is 12.0 Å². The van der Waals surface area contributed by atoms with E-state index in [9.17, 15) is 0 Å². The Labute approximate surface area is 69.6 Å². The smallest absolute Gasteiger partial charge is 0.0234 e. The van der Waals surface area contributed by atoms with Crippen molar-refractivity contribution in [2.24, 2.45) is 0 Å². The molecule has 0 heterocycles. The third-order valence-electron chi connectivity index (χ3n) is 1.51. The van der Waals surface area contributed by atoms with Gasteiger partial charge in [0, 0.05) is 0 Å². The lowest BCUT2D eigenvalue weighted by Gasteiger charge is -2.00. The average molecular weight is 148 g/mol. The monoisotopic (exact) mass is 148 g/mol. The molecule has 0 amide bonds. The fourth-order valence-corrected chi connectivity index (χ4v) is 0.941. The summed E-state index contributed by atoms with van der Waals surface area (Å²) in [4.78, 5) is 0. The zero-order chi connectivity index (χ0) is 8.69. The first kappa shape index (κ1) is 9.96. The lowest BCUT2D eigenvalue weighted by molar-refractivity contribution is 1.20. The van der Waals surface area contributed by atoms with Crippen LogP contribution in [0.5, 0.6) is 0 Å². The SMILES string of the molecule is C=CC(=CC)C(C=C)=CCC. The molecule has 0 nitrogen and oxygen atoms in total. The summed E-state index contributed by atoms with van der Waals surface area (Å²) in [5, 5.41) is 0. The van der Waals surface area contributed by atoms with Crippen molar-refractivity contribution in [1.82, 2.24) is 0 Å². The average Bonchev–Trinajstić information content (AvgIpc) is 2.05. The van der Waals surface area contributed by atoms with Crippen molar-refractivity contribution in [1.29, 1.82) is 0 Å². The molecule has 0 unspecified atom stereocenters. The van der Waals surface area contributed by atoms with Crippen molar-refractivity contribution < 1.29 is 0 Å². The Morgan fingerprint density at radius 3 is 2.00 bits per heavy atom. The minimum atomic E-state index is 1.03. The van der Waals surface area contributed by atoms with E-state index in [2.05, 4.69) is 26.2 Å². The first-order valence-corrected chi connectivity index (χ1v) is 3.91. The van der Waals surface area contributed by atoms with Crippen LogP contribution in [-0.2, 0) is 0 Å². The van der Waals surface area contributed by atoms with E-state index in [1.807, 2.05) is 25.2 Å². The maximum Gasteiger partial charge on any atom is -0.0234 e. The van der Waals surface area contributed by atoms with Crippen molar-refractivity contribution in [3.63, 3.8) is 0 Å². The molecule has 0 rings (SSSR count). The molecule has 60 valence electrons. The van der Waals surface area contributed by atoms with Gasteiger partial charge in [0.15, 0.2) is 0 Å². The highest BCUT2D eigenvalue weighted by Gasteiger charge is 1.92. The van der Waals surface area contributed by atoms with Gasteiger partial charge in [0.2, 0.25) is 0 Å². The molecule has 0 aliphatic carbocycles. The summed E-state index contributed by atoms with van der Waals surface area (Å²) >= 11 is 0. The molecule has 0 saturated heterocycles. The first-order chi connectivity index (χ1) is 5.29. The third-order valence-corrected chi connectivity index (χ3v) is 1.51. The molecule has 0 aromatic carbocycles. The Bertz CT molecular complexity index is 192. The molecule has 0 fully saturated rings. The predicted octanol–water partition coefficient (Wildman–Crippen LogP) is 3.64. The van der Waals surface area contributed by atoms with E-state index in [0.29, 0.717) is 0 Å². The summed E-state index contributed by atoms with van der Waals surface area (Å²) in [6.45, 7) is 11.6. The van der Waals surface area contributed by atoms with E-state index in [4.69, 9.17) is 0 Å². The largest absolute Gasteiger partial charge is 0.0985 e. The van der Waals surface area contributed by atoms with Crippen molar-refractivity contribution in [3.05, 3.63) is 48.6 Å². The van der Waals surface area contributed by atoms with Crippen LogP contribution < -0.4 is 0 Å². The fraction of sp³-hybridized carbons (Fsp3) is 0.273. The molecule has 0 radical (unpaired) electrons. The summed E-state index contributed by atoms with van der Waals surface area (Å²) < 4.78 is 0. The van der Waals surface area contributed by atoms with Crippen molar-refractivity contribution in [2.45, 2.75) is 20.3 Å². The highest BCUT2D eigenvalue weighted by atomic mass is 14.0. The van der Waals surface area contributed by atoms with E-state index >= 15 is 0 Å². The highest BCUT2D eigenvalue weighted by molar-refractivity contribution is 5.44. The van der Waals surface area contributed by atoms with Crippen LogP contribution in [-0.4, -0.2) is 0 Å². The van der Waals surface area contributed by atoms with Crippen molar-refractivity contribution in [3.8, 4) is 0 Å². The Kier molecular flexibility index (Phi) is 5.18. The van der Waals surface area contributed by atoms with Crippen LogP contribution in [0, 0.1) is 0 Å². The minimum absolute atomic E-state index is 1.03. The molecule has 0 bridgehead atoms. The van der Waals surface area contributed by atoms with Crippen LogP contribution in [0.3, 0.4) is 0 Å². The molecule has 0 atom stereocenters. The number of allylic oxidation sites excluding steroid dienone is 6. The Morgan fingerprint density at radius 1 is 1.18 bits per heavy atom. The van der Waals surface area contributed by atoms with E-state index in [1.165, 1.54) is 5.57 Å². The molecule has 0 spiro atoms. The minimum Gasteiger partial charge on any atom is -0.0985 e. The molecule has 0 aliphatic rings. The maximum absolute atomic E-state index is 3.74. The van der Waals surface area contributed by atoms with Crippen LogP contribution in [0.25, 0.3) is 0 Å². The van der Waals surface area contributed by atoms with E-state index < -0.39 is 0 Å². The van der Waals surface area contributed by atoms with Gasteiger partial charge in [-0.25, -0.2) is 0 Å². The second-order valence-electron chi connectivity index (χ2n) is 2.22. The number of rotatable bonds is 4. The van der Waals surface area contributed by atoms with Crippen molar-refractivity contribution >= 4 is 0 Å². The molecule has 0 heteroatoms. The quantitative estimate of drug-likeness (QED) is 0.534. The van der Waals surface area contributed by atoms with Gasteiger partial charge in [-0.1, -0.05) is 44.4 Å².